The largest absolute Gasteiger partial charge is 0.496 e. The molecule has 3 rings (SSSR count). The molecule has 2 aromatic carbocycles. The van der Waals surface area contributed by atoms with Crippen molar-refractivity contribution in [3.05, 3.63) is 52.1 Å². The zero-order chi connectivity index (χ0) is 19.4. The van der Waals surface area contributed by atoms with Crippen molar-refractivity contribution in [2.75, 3.05) is 25.6 Å². The van der Waals surface area contributed by atoms with E-state index >= 15 is 0 Å². The fourth-order valence-electron chi connectivity index (χ4n) is 2.41. The average molecular weight is 389 g/mol. The molecule has 0 atom stereocenters. The number of nitrogens with one attached hydrogen (secondary N) is 2. The maximum absolute atomic E-state index is 12.4. The van der Waals surface area contributed by atoms with E-state index in [1.54, 1.807) is 24.3 Å². The van der Waals surface area contributed by atoms with E-state index in [0.717, 1.165) is 0 Å². The van der Waals surface area contributed by atoms with E-state index in [0.29, 0.717) is 36.0 Å². The van der Waals surface area contributed by atoms with E-state index in [1.807, 2.05) is 0 Å². The number of hydrogen-bond acceptors (Lipinski definition) is 7. The van der Waals surface area contributed by atoms with Gasteiger partial charge in [0.15, 0.2) is 16.6 Å². The van der Waals surface area contributed by atoms with Crippen LogP contribution in [0.25, 0.3) is 0 Å². The molecule has 0 aliphatic carbocycles. The molecule has 0 aromatic heterocycles. The van der Waals surface area contributed by atoms with Gasteiger partial charge < -0.3 is 19.5 Å². The Labute approximate surface area is 159 Å². The summed E-state index contributed by atoms with van der Waals surface area (Å²) in [7, 11) is 1.41. The van der Waals surface area contributed by atoms with Gasteiger partial charge in [0.25, 0.3) is 11.6 Å². The average Bonchev–Trinajstić information content (AvgIpc) is 2.67. The quantitative estimate of drug-likeness (QED) is 0.466. The molecule has 10 heteroatoms. The number of ether oxygens (including phenoxy) is 3. The van der Waals surface area contributed by atoms with E-state index in [4.69, 9.17) is 26.4 Å². The summed E-state index contributed by atoms with van der Waals surface area (Å²) in [5.74, 6) is 0.880. The Balaban J connectivity index is 1.71. The Morgan fingerprint density at radius 1 is 1.19 bits per heavy atom. The predicted molar refractivity (Wildman–Crippen MR) is 101 cm³/mol. The number of amides is 1. The maximum Gasteiger partial charge on any atom is 0.296 e. The maximum atomic E-state index is 12.4. The van der Waals surface area contributed by atoms with Crippen molar-refractivity contribution in [3.8, 4) is 17.2 Å². The molecule has 0 bridgehead atoms. The fraction of sp³-hybridized carbons (Fsp3) is 0.176. The molecule has 0 unspecified atom stereocenters. The van der Waals surface area contributed by atoms with Crippen molar-refractivity contribution in [1.29, 1.82) is 0 Å². The highest BCUT2D eigenvalue weighted by atomic mass is 32.1. The molecule has 1 aliphatic heterocycles. The number of carbonyl (C=O) groups excluding carboxylic acids is 1. The topological polar surface area (TPSA) is 112 Å². The van der Waals surface area contributed by atoms with Crippen LogP contribution in [0.15, 0.2) is 36.4 Å². The number of methoxy groups -OCH3 is 1. The van der Waals surface area contributed by atoms with Crippen molar-refractivity contribution in [1.82, 2.24) is 5.32 Å². The van der Waals surface area contributed by atoms with Crippen molar-refractivity contribution in [2.24, 2.45) is 0 Å². The molecule has 2 aromatic rings. The lowest BCUT2D eigenvalue weighted by Crippen LogP contribution is -2.34. The standard InChI is InChI=1S/C17H15N3O6S/c1-24-11-3-4-12(13(9-11)20(22)23)18-17(27)19-16(21)10-2-5-14-15(8-10)26-7-6-25-14/h2-5,8-9H,6-7H2,1H3,(H2,18,19,21,27). The highest BCUT2D eigenvalue weighted by Gasteiger charge is 2.18. The molecule has 0 saturated carbocycles. The van der Waals surface area contributed by atoms with Crippen LogP contribution in [0.2, 0.25) is 0 Å². The van der Waals surface area contributed by atoms with Crippen LogP contribution in [0.5, 0.6) is 17.2 Å². The summed E-state index contributed by atoms with van der Waals surface area (Å²) in [5.41, 5.74) is 0.214. The number of rotatable bonds is 4. The Morgan fingerprint density at radius 3 is 2.63 bits per heavy atom. The minimum absolute atomic E-state index is 0.0804. The van der Waals surface area contributed by atoms with Gasteiger partial charge >= 0.3 is 0 Å². The Kier molecular flexibility index (Phi) is 5.36. The van der Waals surface area contributed by atoms with Crippen LogP contribution in [0, 0.1) is 10.1 Å². The van der Waals surface area contributed by atoms with Crippen LogP contribution in [-0.2, 0) is 0 Å². The third kappa shape index (κ3) is 4.23. The smallest absolute Gasteiger partial charge is 0.296 e. The second-order valence-corrected chi connectivity index (χ2v) is 5.82. The van der Waals surface area contributed by atoms with Gasteiger partial charge in [0.1, 0.15) is 24.7 Å². The van der Waals surface area contributed by atoms with E-state index in [1.165, 1.54) is 19.2 Å². The minimum atomic E-state index is -0.573. The Hall–Kier alpha value is -3.40. The molecule has 0 fully saturated rings. The summed E-state index contributed by atoms with van der Waals surface area (Å²) in [5, 5.41) is 16.3. The van der Waals surface area contributed by atoms with Crippen LogP contribution in [-0.4, -0.2) is 36.3 Å². The third-order valence-electron chi connectivity index (χ3n) is 3.68. The number of carbonyl (C=O) groups is 1. The van der Waals surface area contributed by atoms with Gasteiger partial charge in [0, 0.05) is 5.56 Å². The van der Waals surface area contributed by atoms with Crippen LogP contribution in [0.4, 0.5) is 11.4 Å². The molecule has 9 nitrogen and oxygen atoms in total. The lowest BCUT2D eigenvalue weighted by atomic mass is 10.2. The van der Waals surface area contributed by atoms with Crippen LogP contribution in [0.1, 0.15) is 10.4 Å². The molecule has 27 heavy (non-hydrogen) atoms. The molecule has 1 aliphatic rings. The molecule has 1 amide bonds. The first-order valence-electron chi connectivity index (χ1n) is 7.82. The zero-order valence-corrected chi connectivity index (χ0v) is 15.0. The number of nitrogens with zero attached hydrogens (tertiary/aromatic N) is 1. The molecule has 2 N–H and O–H groups in total. The molecule has 1 heterocycles. The second kappa shape index (κ2) is 7.87. The van der Waals surface area contributed by atoms with Gasteiger partial charge in [0.05, 0.1) is 18.1 Å². The number of benzene rings is 2. The van der Waals surface area contributed by atoms with Crippen molar-refractivity contribution >= 4 is 34.6 Å². The summed E-state index contributed by atoms with van der Waals surface area (Å²) < 4.78 is 15.8. The van der Waals surface area contributed by atoms with E-state index in [9.17, 15) is 14.9 Å². The third-order valence-corrected chi connectivity index (χ3v) is 3.89. The zero-order valence-electron chi connectivity index (χ0n) is 14.2. The monoisotopic (exact) mass is 389 g/mol. The Morgan fingerprint density at radius 2 is 1.93 bits per heavy atom. The molecular weight excluding hydrogens is 374 g/mol. The molecule has 140 valence electrons. The van der Waals surface area contributed by atoms with Gasteiger partial charge in [-0.25, -0.2) is 0 Å². The van der Waals surface area contributed by atoms with Gasteiger partial charge in [-0.3, -0.25) is 20.2 Å². The summed E-state index contributed by atoms with van der Waals surface area (Å²) in [6, 6.07) is 8.99. The van der Waals surface area contributed by atoms with Crippen molar-refractivity contribution in [2.45, 2.75) is 0 Å². The molecule has 0 saturated heterocycles. The first-order valence-corrected chi connectivity index (χ1v) is 8.23. The van der Waals surface area contributed by atoms with Crippen LogP contribution >= 0.6 is 12.2 Å². The van der Waals surface area contributed by atoms with Crippen molar-refractivity contribution in [3.63, 3.8) is 0 Å². The summed E-state index contributed by atoms with van der Waals surface area (Å²) in [6.07, 6.45) is 0. The van der Waals surface area contributed by atoms with Gasteiger partial charge in [-0.15, -0.1) is 0 Å². The van der Waals surface area contributed by atoms with E-state index in [-0.39, 0.29) is 16.5 Å². The first kappa shape index (κ1) is 18.4. The summed E-state index contributed by atoms with van der Waals surface area (Å²) >= 11 is 5.09. The number of thiocarbonyl (C=S) groups is 1. The van der Waals surface area contributed by atoms with Crippen LogP contribution in [0.3, 0.4) is 0 Å². The second-order valence-electron chi connectivity index (χ2n) is 5.41. The summed E-state index contributed by atoms with van der Waals surface area (Å²) in [4.78, 5) is 23.0. The van der Waals surface area contributed by atoms with Crippen LogP contribution < -0.4 is 24.8 Å². The predicted octanol–water partition coefficient (Wildman–Crippen LogP) is 2.50. The highest BCUT2D eigenvalue weighted by Crippen LogP contribution is 2.31. The minimum Gasteiger partial charge on any atom is -0.496 e. The molecular formula is C17H15N3O6S. The van der Waals surface area contributed by atoms with Gasteiger partial charge in [-0.05, 0) is 42.5 Å². The summed E-state index contributed by atoms with van der Waals surface area (Å²) in [6.45, 7) is 0.854. The lowest BCUT2D eigenvalue weighted by Gasteiger charge is -2.18. The SMILES string of the molecule is COc1ccc(NC(=S)NC(=O)c2ccc3c(c2)OCCO3)c([N+](=O)[O-])c1. The van der Waals surface area contributed by atoms with E-state index in [2.05, 4.69) is 10.6 Å². The van der Waals surface area contributed by atoms with E-state index < -0.39 is 10.8 Å². The number of fused-ring (bicyclic) bond motifs is 1. The number of anilines is 1. The number of nitro groups is 1. The lowest BCUT2D eigenvalue weighted by molar-refractivity contribution is -0.384. The Bertz CT molecular complexity index is 918. The first-order chi connectivity index (χ1) is 13.0. The van der Waals surface area contributed by atoms with Gasteiger partial charge in [-0.1, -0.05) is 0 Å². The highest BCUT2D eigenvalue weighted by molar-refractivity contribution is 7.80. The normalized spacial score (nSPS) is 12.0. The molecule has 0 radical (unpaired) electrons. The molecule has 0 spiro atoms. The number of hydrogen-bond donors (Lipinski definition) is 2. The fourth-order valence-corrected chi connectivity index (χ4v) is 2.61. The number of nitro benzene ring substituents is 1. The van der Waals surface area contributed by atoms with Gasteiger partial charge in [0.2, 0.25) is 0 Å². The van der Waals surface area contributed by atoms with Crippen molar-refractivity contribution < 1.29 is 23.9 Å². The van der Waals surface area contributed by atoms with Gasteiger partial charge in [-0.2, -0.15) is 0 Å².